The van der Waals surface area contributed by atoms with Crippen molar-refractivity contribution in [3.63, 3.8) is 0 Å². The van der Waals surface area contributed by atoms with Crippen molar-refractivity contribution in [3.05, 3.63) is 169 Å². The molecule has 254 valence electrons. The summed E-state index contributed by atoms with van der Waals surface area (Å²) in [6.45, 7) is 6.60. The van der Waals surface area contributed by atoms with Gasteiger partial charge in [0.25, 0.3) is 0 Å². The third kappa shape index (κ3) is 4.70. The molecule has 0 aliphatic carbocycles. The van der Waals surface area contributed by atoms with Gasteiger partial charge in [-0.3, -0.25) is 0 Å². The molecule has 0 amide bonds. The van der Waals surface area contributed by atoms with Crippen LogP contribution in [0.15, 0.2) is 146 Å². The SMILES string of the molecule is CC(C)(C)c1ccc(-c2ccc3ccc4c(-c5c6ccccc6c(-c6ccc(F)c7ccccc67)c6cc(F)ccc56)ccc5c(F)cc2c3c54)cc1. The molecule has 0 heterocycles. The summed E-state index contributed by atoms with van der Waals surface area (Å²) in [5.74, 6) is -0.922. The van der Waals surface area contributed by atoms with Crippen LogP contribution in [0.3, 0.4) is 0 Å². The van der Waals surface area contributed by atoms with Gasteiger partial charge in [0.05, 0.1) is 0 Å². The molecule has 0 aliphatic heterocycles. The summed E-state index contributed by atoms with van der Waals surface area (Å²) in [6.07, 6.45) is 0. The molecule has 53 heavy (non-hydrogen) atoms. The molecule has 0 fully saturated rings. The van der Waals surface area contributed by atoms with Crippen molar-refractivity contribution >= 4 is 64.6 Å². The van der Waals surface area contributed by atoms with E-state index in [9.17, 15) is 0 Å². The summed E-state index contributed by atoms with van der Waals surface area (Å²) in [6, 6.07) is 46.5. The number of fused-ring (bicyclic) bond motifs is 3. The van der Waals surface area contributed by atoms with Gasteiger partial charge in [-0.05, 0) is 117 Å². The highest BCUT2D eigenvalue weighted by atomic mass is 19.1. The van der Waals surface area contributed by atoms with E-state index in [4.69, 9.17) is 0 Å². The van der Waals surface area contributed by atoms with Gasteiger partial charge in [0.1, 0.15) is 17.5 Å². The Bertz CT molecular complexity index is 3110. The molecule has 0 radical (unpaired) electrons. The maximum Gasteiger partial charge on any atom is 0.131 e. The monoisotopic (exact) mass is 690 g/mol. The van der Waals surface area contributed by atoms with Gasteiger partial charge in [0.15, 0.2) is 0 Å². The summed E-state index contributed by atoms with van der Waals surface area (Å²) in [4.78, 5) is 0. The summed E-state index contributed by atoms with van der Waals surface area (Å²) in [5, 5.41) is 10.1. The maximum atomic E-state index is 16.4. The van der Waals surface area contributed by atoms with Crippen LogP contribution >= 0.6 is 0 Å². The number of benzene rings is 10. The molecule has 0 atom stereocenters. The molecule has 0 bridgehead atoms. The first-order valence-corrected chi connectivity index (χ1v) is 18.0. The molecule has 10 rings (SSSR count). The molecule has 0 saturated carbocycles. The number of hydrogen-bond acceptors (Lipinski definition) is 0. The highest BCUT2D eigenvalue weighted by Crippen LogP contribution is 2.49. The fraction of sp³-hybridized carbons (Fsp3) is 0.0800. The minimum atomic E-state index is -0.355. The molecule has 0 saturated heterocycles. The van der Waals surface area contributed by atoms with Gasteiger partial charge < -0.3 is 0 Å². The molecule has 3 heteroatoms. The van der Waals surface area contributed by atoms with Crippen LogP contribution in [0.25, 0.3) is 98.0 Å². The van der Waals surface area contributed by atoms with Gasteiger partial charge in [0, 0.05) is 16.2 Å². The summed E-state index contributed by atoms with van der Waals surface area (Å²) < 4.78 is 46.8. The minimum absolute atomic E-state index is 0.0226. The lowest BCUT2D eigenvalue weighted by atomic mass is 9.82. The van der Waals surface area contributed by atoms with Crippen molar-refractivity contribution in [1.82, 2.24) is 0 Å². The van der Waals surface area contributed by atoms with E-state index in [0.717, 1.165) is 87.2 Å². The fourth-order valence-corrected chi connectivity index (χ4v) is 8.67. The van der Waals surface area contributed by atoms with E-state index >= 15 is 13.2 Å². The Balaban J connectivity index is 1.30. The minimum Gasteiger partial charge on any atom is -0.207 e. The van der Waals surface area contributed by atoms with E-state index < -0.39 is 0 Å². The summed E-state index contributed by atoms with van der Waals surface area (Å²) in [5.41, 5.74) is 6.86. The molecule has 0 nitrogen and oxygen atoms in total. The molecule has 0 spiro atoms. The Hall–Kier alpha value is -6.19. The molecule has 10 aromatic rings. The van der Waals surface area contributed by atoms with Gasteiger partial charge >= 0.3 is 0 Å². The highest BCUT2D eigenvalue weighted by Gasteiger charge is 2.23. The Morgan fingerprint density at radius 1 is 0.377 bits per heavy atom. The van der Waals surface area contributed by atoms with Crippen LogP contribution in [-0.4, -0.2) is 0 Å². The average molecular weight is 691 g/mol. The van der Waals surface area contributed by atoms with Crippen molar-refractivity contribution in [2.75, 3.05) is 0 Å². The zero-order valence-electron chi connectivity index (χ0n) is 29.5. The van der Waals surface area contributed by atoms with Crippen molar-refractivity contribution in [2.24, 2.45) is 0 Å². The Kier molecular flexibility index (Phi) is 6.79. The number of hydrogen-bond donors (Lipinski definition) is 0. The van der Waals surface area contributed by atoms with E-state index in [1.165, 1.54) is 17.7 Å². The van der Waals surface area contributed by atoms with Gasteiger partial charge in [-0.25, -0.2) is 13.2 Å². The van der Waals surface area contributed by atoms with Crippen LogP contribution < -0.4 is 0 Å². The maximum absolute atomic E-state index is 16.4. The highest BCUT2D eigenvalue weighted by molar-refractivity contribution is 6.31. The largest absolute Gasteiger partial charge is 0.207 e. The van der Waals surface area contributed by atoms with Crippen molar-refractivity contribution < 1.29 is 13.2 Å². The molecule has 0 aromatic heterocycles. The van der Waals surface area contributed by atoms with Crippen LogP contribution in [0.1, 0.15) is 26.3 Å². The van der Waals surface area contributed by atoms with Crippen molar-refractivity contribution in [1.29, 1.82) is 0 Å². The Labute approximate surface area is 305 Å². The molecular formula is C50H33F3. The van der Waals surface area contributed by atoms with Gasteiger partial charge in [-0.2, -0.15) is 0 Å². The third-order valence-corrected chi connectivity index (χ3v) is 11.2. The quantitative estimate of drug-likeness (QED) is 0.128. The lowest BCUT2D eigenvalue weighted by Crippen LogP contribution is -2.10. The number of rotatable bonds is 3. The first-order valence-electron chi connectivity index (χ1n) is 18.0. The molecular weight excluding hydrogens is 658 g/mol. The van der Waals surface area contributed by atoms with E-state index in [0.29, 0.717) is 10.8 Å². The second-order valence-electron chi connectivity index (χ2n) is 15.2. The van der Waals surface area contributed by atoms with Gasteiger partial charge in [-0.15, -0.1) is 0 Å². The predicted molar refractivity (Wildman–Crippen MR) is 218 cm³/mol. The van der Waals surface area contributed by atoms with E-state index in [-0.39, 0.29) is 22.9 Å². The van der Waals surface area contributed by atoms with E-state index in [1.54, 1.807) is 24.3 Å². The topological polar surface area (TPSA) is 0 Å². The number of halogens is 3. The standard InChI is InChI=1S/C50H33F3/c1-50(2,3)30-16-12-28(13-17-30)32-19-14-29-15-20-39-38(22-23-41-45(53)27-43(32)46(29)49(39)41)47-35-10-6-7-11-36(35)48(42-26-31(51)18-21-40(42)47)37-24-25-44(52)34-9-5-4-8-33(34)37/h4-27H,1-3H3. The zero-order valence-corrected chi connectivity index (χ0v) is 29.5. The van der Waals surface area contributed by atoms with Crippen molar-refractivity contribution in [2.45, 2.75) is 26.2 Å². The smallest absolute Gasteiger partial charge is 0.131 e. The zero-order chi connectivity index (χ0) is 36.2. The lowest BCUT2D eigenvalue weighted by molar-refractivity contribution is 0.590. The van der Waals surface area contributed by atoms with E-state index in [2.05, 4.69) is 81.4 Å². The predicted octanol–water partition coefficient (Wildman–Crippen LogP) is 14.8. The second kappa shape index (κ2) is 11.4. The molecule has 10 aromatic carbocycles. The molecule has 0 N–H and O–H groups in total. The average Bonchev–Trinajstić information content (AvgIpc) is 3.16. The van der Waals surface area contributed by atoms with Gasteiger partial charge in [0.2, 0.25) is 0 Å². The fourth-order valence-electron chi connectivity index (χ4n) is 8.67. The van der Waals surface area contributed by atoms with Crippen molar-refractivity contribution in [3.8, 4) is 33.4 Å². The molecule has 0 unspecified atom stereocenters. The van der Waals surface area contributed by atoms with E-state index in [1.807, 2.05) is 48.5 Å². The first kappa shape index (κ1) is 31.5. The van der Waals surface area contributed by atoms with Crippen LogP contribution in [0, 0.1) is 17.5 Å². The first-order chi connectivity index (χ1) is 25.7. The van der Waals surface area contributed by atoms with Crippen LogP contribution in [-0.2, 0) is 5.41 Å². The summed E-state index contributed by atoms with van der Waals surface area (Å²) >= 11 is 0. The molecule has 0 aliphatic rings. The Morgan fingerprint density at radius 2 is 0.943 bits per heavy atom. The second-order valence-corrected chi connectivity index (χ2v) is 15.2. The third-order valence-electron chi connectivity index (χ3n) is 11.2. The van der Waals surface area contributed by atoms with Crippen LogP contribution in [0.2, 0.25) is 0 Å². The Morgan fingerprint density at radius 3 is 1.68 bits per heavy atom. The summed E-state index contributed by atoms with van der Waals surface area (Å²) in [7, 11) is 0. The lowest BCUT2D eigenvalue weighted by Gasteiger charge is -2.21. The van der Waals surface area contributed by atoms with Crippen LogP contribution in [0.5, 0.6) is 0 Å². The normalized spacial score (nSPS) is 12.3. The van der Waals surface area contributed by atoms with Crippen LogP contribution in [0.4, 0.5) is 13.2 Å². The van der Waals surface area contributed by atoms with Gasteiger partial charge in [-0.1, -0.05) is 142 Å².